The lowest BCUT2D eigenvalue weighted by molar-refractivity contribution is 0.0725. The maximum absolute atomic E-state index is 10.3. The van der Waals surface area contributed by atoms with Crippen molar-refractivity contribution in [3.63, 3.8) is 0 Å². The normalized spacial score (nSPS) is 15.0. The third kappa shape index (κ3) is 1.81. The van der Waals surface area contributed by atoms with Crippen molar-refractivity contribution in [1.29, 1.82) is 0 Å². The second kappa shape index (κ2) is 3.75. The van der Waals surface area contributed by atoms with Gasteiger partial charge in [-0.15, -0.1) is 0 Å². The fourth-order valence-electron chi connectivity index (χ4n) is 1.47. The second-order valence-corrected chi connectivity index (χ2v) is 3.36. The average Bonchev–Trinajstić information content (AvgIpc) is 2.17. The number of aliphatic hydroxyl groups is 1. The molecular formula is C12H16O. The Labute approximate surface area is 79.7 Å². The van der Waals surface area contributed by atoms with Gasteiger partial charge in [0.05, 0.1) is 0 Å². The molecule has 0 radical (unpaired) electrons. The summed E-state index contributed by atoms with van der Waals surface area (Å²) in [6.45, 7) is 7.64. The maximum Gasteiger partial charge on any atom is 0.110 e. The highest BCUT2D eigenvalue weighted by molar-refractivity contribution is 5.30. The van der Waals surface area contributed by atoms with Gasteiger partial charge < -0.3 is 5.11 Å². The quantitative estimate of drug-likeness (QED) is 0.702. The molecule has 1 aromatic carbocycles. The van der Waals surface area contributed by atoms with Crippen LogP contribution in [0.25, 0.3) is 0 Å². The minimum absolute atomic E-state index is 0.659. The van der Waals surface area contributed by atoms with Crippen LogP contribution in [0.1, 0.15) is 25.8 Å². The van der Waals surface area contributed by atoms with Crippen LogP contribution in [0.4, 0.5) is 0 Å². The Hall–Kier alpha value is -1.08. The van der Waals surface area contributed by atoms with Gasteiger partial charge in [-0.05, 0) is 24.5 Å². The van der Waals surface area contributed by atoms with Crippen molar-refractivity contribution in [2.24, 2.45) is 0 Å². The predicted octanol–water partition coefficient (Wildman–Crippen LogP) is 2.86. The Morgan fingerprint density at radius 3 is 2.31 bits per heavy atom. The van der Waals surface area contributed by atoms with E-state index >= 15 is 0 Å². The van der Waals surface area contributed by atoms with Crippen molar-refractivity contribution < 1.29 is 5.11 Å². The predicted molar refractivity (Wildman–Crippen MR) is 55.4 cm³/mol. The van der Waals surface area contributed by atoms with E-state index in [0.29, 0.717) is 6.42 Å². The summed E-state index contributed by atoms with van der Waals surface area (Å²) in [4.78, 5) is 0. The fraction of sp³-hybridized carbons (Fsp3) is 0.333. The first-order chi connectivity index (χ1) is 6.11. The van der Waals surface area contributed by atoms with Crippen LogP contribution < -0.4 is 0 Å². The molecule has 1 N–H and O–H groups in total. The minimum atomic E-state index is -0.860. The standard InChI is InChI=1S/C12H16O/c1-4-12(13,10(2)3)11-8-6-5-7-9-11/h5-9,13H,2,4H2,1,3H3. The Balaban J connectivity index is 3.11. The number of hydrogen-bond donors (Lipinski definition) is 1. The lowest BCUT2D eigenvalue weighted by atomic mass is 9.85. The van der Waals surface area contributed by atoms with E-state index in [1.165, 1.54) is 0 Å². The van der Waals surface area contributed by atoms with Crippen molar-refractivity contribution in [1.82, 2.24) is 0 Å². The highest BCUT2D eigenvalue weighted by atomic mass is 16.3. The molecule has 1 heteroatoms. The molecule has 1 unspecified atom stereocenters. The fourth-order valence-corrected chi connectivity index (χ4v) is 1.47. The summed E-state index contributed by atoms with van der Waals surface area (Å²) < 4.78 is 0. The van der Waals surface area contributed by atoms with Gasteiger partial charge in [0.1, 0.15) is 5.60 Å². The van der Waals surface area contributed by atoms with Crippen LogP contribution in [0.15, 0.2) is 42.5 Å². The Morgan fingerprint density at radius 2 is 1.92 bits per heavy atom. The highest BCUT2D eigenvalue weighted by Crippen LogP contribution is 2.30. The second-order valence-electron chi connectivity index (χ2n) is 3.36. The van der Waals surface area contributed by atoms with E-state index in [9.17, 15) is 5.11 Å². The Bertz CT molecular complexity index is 289. The minimum Gasteiger partial charge on any atom is -0.381 e. The van der Waals surface area contributed by atoms with Crippen molar-refractivity contribution in [3.05, 3.63) is 48.0 Å². The van der Waals surface area contributed by atoms with Gasteiger partial charge >= 0.3 is 0 Å². The molecule has 13 heavy (non-hydrogen) atoms. The van der Waals surface area contributed by atoms with E-state index in [2.05, 4.69) is 6.58 Å². The van der Waals surface area contributed by atoms with Crippen LogP contribution in [0.2, 0.25) is 0 Å². The molecule has 0 saturated heterocycles. The van der Waals surface area contributed by atoms with Crippen LogP contribution in [-0.4, -0.2) is 5.11 Å². The van der Waals surface area contributed by atoms with Crippen molar-refractivity contribution >= 4 is 0 Å². The van der Waals surface area contributed by atoms with E-state index in [1.54, 1.807) is 0 Å². The zero-order valence-electron chi connectivity index (χ0n) is 8.25. The number of rotatable bonds is 3. The van der Waals surface area contributed by atoms with Crippen LogP contribution in [0.3, 0.4) is 0 Å². The molecule has 0 aliphatic carbocycles. The Morgan fingerprint density at radius 1 is 1.38 bits per heavy atom. The third-order valence-electron chi connectivity index (χ3n) is 2.47. The van der Waals surface area contributed by atoms with Crippen LogP contribution in [0, 0.1) is 0 Å². The largest absolute Gasteiger partial charge is 0.381 e. The zero-order chi connectivity index (χ0) is 9.90. The summed E-state index contributed by atoms with van der Waals surface area (Å²) in [6, 6.07) is 9.66. The first-order valence-electron chi connectivity index (χ1n) is 4.55. The summed E-state index contributed by atoms with van der Waals surface area (Å²) in [5.74, 6) is 0. The molecule has 0 aliphatic rings. The number of benzene rings is 1. The van der Waals surface area contributed by atoms with Crippen LogP contribution >= 0.6 is 0 Å². The third-order valence-corrected chi connectivity index (χ3v) is 2.47. The lowest BCUT2D eigenvalue weighted by Crippen LogP contribution is -2.25. The molecule has 1 rings (SSSR count). The number of hydrogen-bond acceptors (Lipinski definition) is 1. The average molecular weight is 176 g/mol. The first kappa shape index (κ1) is 10.0. The first-order valence-corrected chi connectivity index (χ1v) is 4.55. The van der Waals surface area contributed by atoms with E-state index in [0.717, 1.165) is 11.1 Å². The van der Waals surface area contributed by atoms with Crippen molar-refractivity contribution in [2.45, 2.75) is 25.9 Å². The van der Waals surface area contributed by atoms with Crippen molar-refractivity contribution in [2.75, 3.05) is 0 Å². The highest BCUT2D eigenvalue weighted by Gasteiger charge is 2.27. The maximum atomic E-state index is 10.3. The van der Waals surface area contributed by atoms with Crippen LogP contribution in [0.5, 0.6) is 0 Å². The molecule has 0 fully saturated rings. The van der Waals surface area contributed by atoms with Gasteiger partial charge in [-0.3, -0.25) is 0 Å². The Kier molecular flexibility index (Phi) is 2.89. The van der Waals surface area contributed by atoms with Gasteiger partial charge in [-0.25, -0.2) is 0 Å². The summed E-state index contributed by atoms with van der Waals surface area (Å²) in [6.07, 6.45) is 0.659. The van der Waals surface area contributed by atoms with Gasteiger partial charge in [-0.1, -0.05) is 43.8 Å². The SMILES string of the molecule is C=C(C)C(O)(CC)c1ccccc1. The molecular weight excluding hydrogens is 160 g/mol. The van der Waals surface area contributed by atoms with Crippen LogP contribution in [-0.2, 0) is 5.60 Å². The van der Waals surface area contributed by atoms with Gasteiger partial charge in [-0.2, -0.15) is 0 Å². The van der Waals surface area contributed by atoms with Gasteiger partial charge in [0, 0.05) is 0 Å². The molecule has 0 saturated carbocycles. The molecule has 0 amide bonds. The smallest absolute Gasteiger partial charge is 0.110 e. The molecule has 0 aromatic heterocycles. The van der Waals surface area contributed by atoms with Gasteiger partial charge in [0.15, 0.2) is 0 Å². The zero-order valence-corrected chi connectivity index (χ0v) is 8.25. The molecule has 0 aliphatic heterocycles. The molecule has 0 spiro atoms. The monoisotopic (exact) mass is 176 g/mol. The molecule has 0 bridgehead atoms. The molecule has 1 atom stereocenters. The van der Waals surface area contributed by atoms with E-state index in [-0.39, 0.29) is 0 Å². The topological polar surface area (TPSA) is 20.2 Å². The summed E-state index contributed by atoms with van der Waals surface area (Å²) in [5.41, 5.74) is 0.854. The molecule has 1 aromatic rings. The van der Waals surface area contributed by atoms with E-state index < -0.39 is 5.60 Å². The van der Waals surface area contributed by atoms with Gasteiger partial charge in [0.2, 0.25) is 0 Å². The van der Waals surface area contributed by atoms with E-state index in [1.807, 2.05) is 44.2 Å². The summed E-state index contributed by atoms with van der Waals surface area (Å²) >= 11 is 0. The molecule has 70 valence electrons. The van der Waals surface area contributed by atoms with Gasteiger partial charge in [0.25, 0.3) is 0 Å². The summed E-state index contributed by atoms with van der Waals surface area (Å²) in [5, 5.41) is 10.3. The van der Waals surface area contributed by atoms with Crippen molar-refractivity contribution in [3.8, 4) is 0 Å². The summed E-state index contributed by atoms with van der Waals surface area (Å²) in [7, 11) is 0. The lowest BCUT2D eigenvalue weighted by Gasteiger charge is -2.27. The molecule has 1 nitrogen and oxygen atoms in total. The van der Waals surface area contributed by atoms with E-state index in [4.69, 9.17) is 0 Å². The molecule has 0 heterocycles.